The summed E-state index contributed by atoms with van der Waals surface area (Å²) in [5.41, 5.74) is 3.04. The molecule has 0 unspecified atom stereocenters. The molecule has 0 aliphatic rings. The van der Waals surface area contributed by atoms with Crippen molar-refractivity contribution in [3.63, 3.8) is 0 Å². The number of benzene rings is 2. The molecule has 0 heterocycles. The van der Waals surface area contributed by atoms with Gasteiger partial charge in [0.2, 0.25) is 0 Å². The largest absolute Gasteiger partial charge is 0.370 e. The summed E-state index contributed by atoms with van der Waals surface area (Å²) in [6.07, 6.45) is 0. The Morgan fingerprint density at radius 2 is 2.00 bits per heavy atom. The molecule has 0 aromatic heterocycles. The highest BCUT2D eigenvalue weighted by molar-refractivity contribution is 9.10. The van der Waals surface area contributed by atoms with Gasteiger partial charge < -0.3 is 4.90 Å². The number of rotatable bonds is 4. The molecule has 0 aliphatic carbocycles. The molecule has 0 N–H and O–H groups in total. The fourth-order valence-electron chi connectivity index (χ4n) is 2.03. The van der Waals surface area contributed by atoms with Crippen LogP contribution in [0.15, 0.2) is 46.9 Å². The number of hydrogen-bond donors (Lipinski definition) is 0. The molecule has 2 aromatic rings. The molecule has 1 nitrogen and oxygen atoms in total. The van der Waals surface area contributed by atoms with Crippen LogP contribution in [-0.2, 0) is 12.4 Å². The van der Waals surface area contributed by atoms with Crippen molar-refractivity contribution in [2.75, 3.05) is 11.9 Å². The van der Waals surface area contributed by atoms with Gasteiger partial charge in [0.15, 0.2) is 0 Å². The number of nitrogens with zero attached hydrogens (tertiary/aromatic N) is 1. The minimum absolute atomic E-state index is 0.209. The molecular weight excluding hydrogens is 329 g/mol. The maximum Gasteiger partial charge on any atom is 0.123 e. The van der Waals surface area contributed by atoms with E-state index in [9.17, 15) is 4.39 Å². The fraction of sp³-hybridized carbons (Fsp3) is 0.200. The van der Waals surface area contributed by atoms with E-state index in [4.69, 9.17) is 11.6 Å². The highest BCUT2D eigenvalue weighted by Gasteiger charge is 2.08. The van der Waals surface area contributed by atoms with Crippen LogP contribution in [0, 0.1) is 5.82 Å². The maximum absolute atomic E-state index is 13.2. The molecule has 0 bridgehead atoms. The number of alkyl halides is 1. The van der Waals surface area contributed by atoms with E-state index in [0.29, 0.717) is 12.4 Å². The first-order valence-corrected chi connectivity index (χ1v) is 7.23. The lowest BCUT2D eigenvalue weighted by atomic mass is 10.1. The number of halogens is 3. The Morgan fingerprint density at radius 1 is 1.21 bits per heavy atom. The number of hydrogen-bond acceptors (Lipinski definition) is 1. The summed E-state index contributed by atoms with van der Waals surface area (Å²) in [6, 6.07) is 12.6. The van der Waals surface area contributed by atoms with Crippen molar-refractivity contribution in [2.45, 2.75) is 12.4 Å². The Labute approximate surface area is 126 Å². The van der Waals surface area contributed by atoms with E-state index in [1.165, 1.54) is 6.07 Å². The van der Waals surface area contributed by atoms with E-state index in [0.717, 1.165) is 21.3 Å². The Bertz CT molecular complexity index is 574. The molecule has 100 valence electrons. The van der Waals surface area contributed by atoms with E-state index < -0.39 is 0 Å². The van der Waals surface area contributed by atoms with Gasteiger partial charge in [-0.15, -0.1) is 11.6 Å². The molecule has 0 fully saturated rings. The van der Waals surface area contributed by atoms with Crippen molar-refractivity contribution in [1.82, 2.24) is 0 Å². The zero-order chi connectivity index (χ0) is 13.8. The Hall–Kier alpha value is -1.06. The first-order chi connectivity index (χ1) is 9.10. The summed E-state index contributed by atoms with van der Waals surface area (Å²) in [6.45, 7) is 0.642. The molecule has 19 heavy (non-hydrogen) atoms. The van der Waals surface area contributed by atoms with Crippen molar-refractivity contribution in [2.24, 2.45) is 0 Å². The van der Waals surface area contributed by atoms with E-state index in [-0.39, 0.29) is 5.82 Å². The molecule has 0 spiro atoms. The molecule has 4 heteroatoms. The lowest BCUT2D eigenvalue weighted by molar-refractivity contribution is 0.625. The van der Waals surface area contributed by atoms with Crippen molar-refractivity contribution in [1.29, 1.82) is 0 Å². The summed E-state index contributed by atoms with van der Waals surface area (Å²) >= 11 is 9.40. The van der Waals surface area contributed by atoms with Crippen LogP contribution in [0.5, 0.6) is 0 Å². The topological polar surface area (TPSA) is 3.24 Å². The van der Waals surface area contributed by atoms with Crippen LogP contribution >= 0.6 is 27.5 Å². The maximum atomic E-state index is 13.2. The summed E-state index contributed by atoms with van der Waals surface area (Å²) in [7, 11) is 1.98. The van der Waals surface area contributed by atoms with Gasteiger partial charge in [0.25, 0.3) is 0 Å². The van der Waals surface area contributed by atoms with Gasteiger partial charge in [-0.2, -0.15) is 0 Å². The van der Waals surface area contributed by atoms with Crippen LogP contribution in [0.25, 0.3) is 0 Å². The molecular formula is C15H14BrClFN. The second kappa shape index (κ2) is 6.40. The Morgan fingerprint density at radius 3 is 2.68 bits per heavy atom. The van der Waals surface area contributed by atoms with Gasteiger partial charge in [0, 0.05) is 29.6 Å². The third-order valence-corrected chi connectivity index (χ3v) is 3.69. The van der Waals surface area contributed by atoms with Crippen LogP contribution in [0.2, 0.25) is 0 Å². The molecule has 2 aromatic carbocycles. The Balaban J connectivity index is 2.22. The zero-order valence-corrected chi connectivity index (χ0v) is 12.9. The standard InChI is InChI=1S/C15H14BrClFN/c1-19(10-11-3-2-4-14(18)7-11)15-6-5-13(16)8-12(15)9-17/h2-8H,9-10H2,1H3. The minimum Gasteiger partial charge on any atom is -0.370 e. The average Bonchev–Trinajstić information content (AvgIpc) is 2.38. The monoisotopic (exact) mass is 341 g/mol. The second-order valence-corrected chi connectivity index (χ2v) is 5.58. The third-order valence-electron chi connectivity index (χ3n) is 2.91. The molecule has 0 atom stereocenters. The van der Waals surface area contributed by atoms with Gasteiger partial charge in [0.1, 0.15) is 5.82 Å². The van der Waals surface area contributed by atoms with Crippen LogP contribution < -0.4 is 4.90 Å². The molecule has 0 saturated carbocycles. The van der Waals surface area contributed by atoms with Crippen LogP contribution in [0.3, 0.4) is 0 Å². The van der Waals surface area contributed by atoms with Crippen LogP contribution in [0.4, 0.5) is 10.1 Å². The van der Waals surface area contributed by atoms with Crippen molar-refractivity contribution >= 4 is 33.2 Å². The first-order valence-electron chi connectivity index (χ1n) is 5.90. The summed E-state index contributed by atoms with van der Waals surface area (Å²) < 4.78 is 14.2. The van der Waals surface area contributed by atoms with Gasteiger partial charge in [-0.25, -0.2) is 4.39 Å². The minimum atomic E-state index is -0.209. The second-order valence-electron chi connectivity index (χ2n) is 4.39. The quantitative estimate of drug-likeness (QED) is 0.710. The van der Waals surface area contributed by atoms with Crippen molar-refractivity contribution in [3.8, 4) is 0 Å². The summed E-state index contributed by atoms with van der Waals surface area (Å²) in [5, 5.41) is 0. The zero-order valence-electron chi connectivity index (χ0n) is 10.5. The first kappa shape index (κ1) is 14.4. The predicted octanol–water partition coefficient (Wildman–Crippen LogP) is 4.96. The van der Waals surface area contributed by atoms with E-state index >= 15 is 0 Å². The van der Waals surface area contributed by atoms with E-state index in [2.05, 4.69) is 20.8 Å². The van der Waals surface area contributed by atoms with Gasteiger partial charge in [0.05, 0.1) is 0 Å². The van der Waals surface area contributed by atoms with Crippen LogP contribution in [-0.4, -0.2) is 7.05 Å². The van der Waals surface area contributed by atoms with Gasteiger partial charge >= 0.3 is 0 Å². The van der Waals surface area contributed by atoms with Gasteiger partial charge in [-0.05, 0) is 41.5 Å². The van der Waals surface area contributed by atoms with Crippen molar-refractivity contribution < 1.29 is 4.39 Å². The van der Waals surface area contributed by atoms with E-state index in [1.54, 1.807) is 12.1 Å². The normalized spacial score (nSPS) is 10.5. The highest BCUT2D eigenvalue weighted by atomic mass is 79.9. The van der Waals surface area contributed by atoms with Gasteiger partial charge in [-0.3, -0.25) is 0 Å². The molecule has 0 amide bonds. The fourth-order valence-corrected chi connectivity index (χ4v) is 2.65. The lowest BCUT2D eigenvalue weighted by Crippen LogP contribution is -2.17. The lowest BCUT2D eigenvalue weighted by Gasteiger charge is -2.22. The van der Waals surface area contributed by atoms with Crippen molar-refractivity contribution in [3.05, 3.63) is 63.9 Å². The molecule has 2 rings (SSSR count). The molecule has 0 aliphatic heterocycles. The molecule has 0 saturated heterocycles. The Kier molecular flexibility index (Phi) is 4.83. The summed E-state index contributed by atoms with van der Waals surface area (Å²) in [4.78, 5) is 2.07. The highest BCUT2D eigenvalue weighted by Crippen LogP contribution is 2.26. The summed E-state index contributed by atoms with van der Waals surface area (Å²) in [5.74, 6) is 0.238. The van der Waals surface area contributed by atoms with E-state index in [1.807, 2.05) is 31.3 Å². The smallest absolute Gasteiger partial charge is 0.123 e. The molecule has 0 radical (unpaired) electrons. The van der Waals surface area contributed by atoms with Crippen LogP contribution in [0.1, 0.15) is 11.1 Å². The van der Waals surface area contributed by atoms with Gasteiger partial charge in [-0.1, -0.05) is 28.1 Å². The predicted molar refractivity (Wildman–Crippen MR) is 82.2 cm³/mol. The SMILES string of the molecule is CN(Cc1cccc(F)c1)c1ccc(Br)cc1CCl. The average molecular weight is 343 g/mol. The number of anilines is 1. The third kappa shape index (κ3) is 3.71.